The summed E-state index contributed by atoms with van der Waals surface area (Å²) >= 11 is 6.48. The second kappa shape index (κ2) is 12.6. The van der Waals surface area contributed by atoms with Gasteiger partial charge in [0, 0.05) is 43.8 Å². The highest BCUT2D eigenvalue weighted by molar-refractivity contribution is 6.31. The number of halogens is 4. The van der Waals surface area contributed by atoms with Gasteiger partial charge in [-0.15, -0.1) is 0 Å². The number of amidine groups is 1. The number of nitrogens with zero attached hydrogens (tertiary/aromatic N) is 3. The van der Waals surface area contributed by atoms with Gasteiger partial charge in [0.1, 0.15) is 23.3 Å². The lowest BCUT2D eigenvalue weighted by atomic mass is 9.93. The second-order valence-corrected chi connectivity index (χ2v) is 9.96. The Morgan fingerprint density at radius 2 is 1.75 bits per heavy atom. The SMILES string of the molecule is CCOC(=O)C1=C(CN2CCOCC2)N=C(c2c(F)cc(F)cc2N2CCOCC2)NC1c1ccc(F)cc1Cl. The molecule has 2 aromatic carbocycles. The van der Waals surface area contributed by atoms with Gasteiger partial charge in [-0.3, -0.25) is 4.90 Å². The molecule has 40 heavy (non-hydrogen) atoms. The predicted octanol–water partition coefficient (Wildman–Crippen LogP) is 3.83. The van der Waals surface area contributed by atoms with Gasteiger partial charge in [0.05, 0.1) is 61.6 Å². The number of aliphatic imine (C=N–C) groups is 1. The molecule has 2 saturated heterocycles. The Hall–Kier alpha value is -3.12. The zero-order valence-corrected chi connectivity index (χ0v) is 22.8. The van der Waals surface area contributed by atoms with Gasteiger partial charge in [-0.25, -0.2) is 23.0 Å². The van der Waals surface area contributed by atoms with Crippen LogP contribution in [0.4, 0.5) is 18.9 Å². The molecule has 3 aliphatic rings. The normalized spacial score (nSPS) is 20.3. The molecule has 2 aromatic rings. The van der Waals surface area contributed by atoms with Crippen molar-refractivity contribution in [2.45, 2.75) is 13.0 Å². The monoisotopic (exact) mass is 578 g/mol. The molecule has 214 valence electrons. The van der Waals surface area contributed by atoms with E-state index in [0.717, 1.165) is 12.1 Å². The van der Waals surface area contributed by atoms with Crippen molar-refractivity contribution in [3.63, 3.8) is 0 Å². The molecule has 3 heterocycles. The summed E-state index contributed by atoms with van der Waals surface area (Å²) in [5.74, 6) is -2.62. The smallest absolute Gasteiger partial charge is 0.338 e. The van der Waals surface area contributed by atoms with Crippen molar-refractivity contribution in [3.05, 3.63) is 75.2 Å². The van der Waals surface area contributed by atoms with E-state index in [9.17, 15) is 13.6 Å². The number of esters is 1. The molecule has 1 N–H and O–H groups in total. The van der Waals surface area contributed by atoms with E-state index in [4.69, 9.17) is 30.8 Å². The van der Waals surface area contributed by atoms with Gasteiger partial charge in [0.25, 0.3) is 0 Å². The van der Waals surface area contributed by atoms with Gasteiger partial charge in [-0.2, -0.15) is 0 Å². The average molecular weight is 579 g/mol. The molecule has 0 amide bonds. The molecule has 0 spiro atoms. The highest BCUT2D eigenvalue weighted by Gasteiger charge is 2.36. The Labute approximate surface area is 235 Å². The minimum atomic E-state index is -0.947. The largest absolute Gasteiger partial charge is 0.463 e. The van der Waals surface area contributed by atoms with E-state index in [-0.39, 0.29) is 35.1 Å². The van der Waals surface area contributed by atoms with Crippen molar-refractivity contribution in [2.75, 3.05) is 70.7 Å². The zero-order chi connectivity index (χ0) is 28.2. The van der Waals surface area contributed by atoms with Crippen LogP contribution in [0.3, 0.4) is 0 Å². The highest BCUT2D eigenvalue weighted by atomic mass is 35.5. The Kier molecular flexibility index (Phi) is 8.94. The number of rotatable bonds is 7. The maximum Gasteiger partial charge on any atom is 0.338 e. The summed E-state index contributed by atoms with van der Waals surface area (Å²) in [6, 6.07) is 4.96. The molecule has 5 rings (SSSR count). The molecular formula is C28H30ClF3N4O4. The number of carbonyl (C=O) groups is 1. The third-order valence-corrected chi connectivity index (χ3v) is 7.32. The number of hydrogen-bond acceptors (Lipinski definition) is 8. The van der Waals surface area contributed by atoms with Crippen LogP contribution in [-0.4, -0.2) is 82.5 Å². The Balaban J connectivity index is 1.69. The van der Waals surface area contributed by atoms with Crippen LogP contribution in [0.1, 0.15) is 24.1 Å². The predicted molar refractivity (Wildman–Crippen MR) is 144 cm³/mol. The number of nitrogens with one attached hydrogen (secondary N) is 1. The summed E-state index contributed by atoms with van der Waals surface area (Å²) in [7, 11) is 0. The standard InChI is InChI=1S/C28H30ClF3N4O4/c1-2-40-28(37)25-22(16-35-5-9-38-10-6-35)33-27(34-26(25)19-4-3-17(30)13-20(19)29)24-21(32)14-18(31)15-23(24)36-7-11-39-12-8-36/h3-4,13-15,26H,2,5-12,16H2,1H3,(H,33,34). The fourth-order valence-corrected chi connectivity index (χ4v) is 5.36. The lowest BCUT2D eigenvalue weighted by Crippen LogP contribution is -2.43. The number of carbonyl (C=O) groups excluding carboxylic acids is 1. The van der Waals surface area contributed by atoms with E-state index in [2.05, 4.69) is 10.2 Å². The molecule has 1 atom stereocenters. The number of hydrogen-bond donors (Lipinski definition) is 1. The number of morpholine rings is 2. The van der Waals surface area contributed by atoms with Crippen molar-refractivity contribution in [1.82, 2.24) is 10.2 Å². The van der Waals surface area contributed by atoms with E-state index >= 15 is 4.39 Å². The minimum Gasteiger partial charge on any atom is -0.463 e. The Bertz CT molecular complexity index is 1330. The van der Waals surface area contributed by atoms with Crippen LogP contribution in [-0.2, 0) is 19.0 Å². The first-order valence-corrected chi connectivity index (χ1v) is 13.6. The van der Waals surface area contributed by atoms with Crippen LogP contribution >= 0.6 is 11.6 Å². The summed E-state index contributed by atoms with van der Waals surface area (Å²) in [6.07, 6.45) is 0. The molecular weight excluding hydrogens is 549 g/mol. The van der Waals surface area contributed by atoms with Crippen LogP contribution in [0.5, 0.6) is 0 Å². The second-order valence-electron chi connectivity index (χ2n) is 9.55. The van der Waals surface area contributed by atoms with Crippen molar-refractivity contribution in [3.8, 4) is 0 Å². The number of benzene rings is 2. The summed E-state index contributed by atoms with van der Waals surface area (Å²) < 4.78 is 60.5. The molecule has 0 aliphatic carbocycles. The van der Waals surface area contributed by atoms with E-state index in [1.807, 2.05) is 4.90 Å². The summed E-state index contributed by atoms with van der Waals surface area (Å²) in [6.45, 7) is 5.94. The molecule has 8 nitrogen and oxygen atoms in total. The third-order valence-electron chi connectivity index (χ3n) is 7.00. The highest BCUT2D eigenvalue weighted by Crippen LogP contribution is 2.37. The van der Waals surface area contributed by atoms with Crippen LogP contribution in [0.2, 0.25) is 5.02 Å². The molecule has 2 fully saturated rings. The van der Waals surface area contributed by atoms with Crippen LogP contribution in [0.15, 0.2) is 46.6 Å². The third kappa shape index (κ3) is 6.12. The van der Waals surface area contributed by atoms with Gasteiger partial charge in [-0.05, 0) is 30.7 Å². The van der Waals surface area contributed by atoms with Crippen LogP contribution in [0, 0.1) is 17.5 Å². The molecule has 12 heteroatoms. The van der Waals surface area contributed by atoms with Crippen molar-refractivity contribution in [2.24, 2.45) is 4.99 Å². The van der Waals surface area contributed by atoms with E-state index in [0.29, 0.717) is 69.6 Å². The van der Waals surface area contributed by atoms with Crippen molar-refractivity contribution < 1.29 is 32.2 Å². The van der Waals surface area contributed by atoms with E-state index in [1.54, 1.807) is 6.92 Å². The first-order chi connectivity index (χ1) is 19.4. The van der Waals surface area contributed by atoms with E-state index in [1.165, 1.54) is 18.2 Å². The fourth-order valence-electron chi connectivity index (χ4n) is 5.08. The Morgan fingerprint density at radius 3 is 2.42 bits per heavy atom. The molecule has 0 bridgehead atoms. The minimum absolute atomic E-state index is 0.0499. The van der Waals surface area contributed by atoms with Gasteiger partial charge in [0.15, 0.2) is 0 Å². The van der Waals surface area contributed by atoms with Crippen LogP contribution < -0.4 is 10.2 Å². The summed E-state index contributed by atoms with van der Waals surface area (Å²) in [4.78, 5) is 22.1. The van der Waals surface area contributed by atoms with Gasteiger partial charge >= 0.3 is 5.97 Å². The van der Waals surface area contributed by atoms with E-state index < -0.39 is 29.5 Å². The fraction of sp³-hybridized carbons (Fsp3) is 0.429. The maximum absolute atomic E-state index is 15.6. The molecule has 0 saturated carbocycles. The summed E-state index contributed by atoms with van der Waals surface area (Å²) in [5.41, 5.74) is 1.26. The van der Waals surface area contributed by atoms with Gasteiger partial charge in [-0.1, -0.05) is 17.7 Å². The first kappa shape index (κ1) is 28.4. The lowest BCUT2D eigenvalue weighted by Gasteiger charge is -2.35. The van der Waals surface area contributed by atoms with Gasteiger partial charge in [0.2, 0.25) is 0 Å². The lowest BCUT2D eigenvalue weighted by molar-refractivity contribution is -0.139. The summed E-state index contributed by atoms with van der Waals surface area (Å²) in [5, 5.41) is 3.23. The number of ether oxygens (including phenoxy) is 3. The molecule has 0 radical (unpaired) electrons. The molecule has 3 aliphatic heterocycles. The molecule has 0 aromatic heterocycles. The average Bonchev–Trinajstić information content (AvgIpc) is 2.93. The Morgan fingerprint density at radius 1 is 1.05 bits per heavy atom. The first-order valence-electron chi connectivity index (χ1n) is 13.2. The topological polar surface area (TPSA) is 75.6 Å². The van der Waals surface area contributed by atoms with Gasteiger partial charge < -0.3 is 24.4 Å². The number of anilines is 1. The zero-order valence-electron chi connectivity index (χ0n) is 22.0. The van der Waals surface area contributed by atoms with Crippen molar-refractivity contribution >= 4 is 29.1 Å². The van der Waals surface area contributed by atoms with Crippen molar-refractivity contribution in [1.29, 1.82) is 0 Å². The maximum atomic E-state index is 15.6. The molecule has 1 unspecified atom stereocenters. The van der Waals surface area contributed by atoms with Crippen LogP contribution in [0.25, 0.3) is 0 Å². The quantitative estimate of drug-likeness (QED) is 0.501.